The molecule has 2 aliphatic heterocycles. The summed E-state index contributed by atoms with van der Waals surface area (Å²) in [4.78, 5) is 26.3. The van der Waals surface area contributed by atoms with Gasteiger partial charge in [-0.25, -0.2) is 9.97 Å². The highest BCUT2D eigenvalue weighted by molar-refractivity contribution is 7.19. The van der Waals surface area contributed by atoms with E-state index < -0.39 is 0 Å². The fourth-order valence-electron chi connectivity index (χ4n) is 4.92. The van der Waals surface area contributed by atoms with E-state index in [1.807, 2.05) is 17.0 Å². The third kappa shape index (κ3) is 3.86. The van der Waals surface area contributed by atoms with Gasteiger partial charge in [0.15, 0.2) is 0 Å². The number of anilines is 3. The Hall–Kier alpha value is -2.68. The molecule has 6 rings (SSSR count). The lowest BCUT2D eigenvalue weighted by Crippen LogP contribution is -2.44. The predicted molar refractivity (Wildman–Crippen MR) is 133 cm³/mol. The number of thiophene rings is 1. The van der Waals surface area contributed by atoms with Gasteiger partial charge in [0.05, 0.1) is 29.3 Å². The molecule has 1 atom stereocenters. The average molecular weight is 482 g/mol. The number of hydrogen-bond donors (Lipinski definition) is 2. The summed E-state index contributed by atoms with van der Waals surface area (Å²) in [5.41, 5.74) is 4.21. The average Bonchev–Trinajstić information content (AvgIpc) is 3.23. The minimum Gasteiger partial charge on any atom is -0.381 e. The fraction of sp³-hybridized carbons (Fsp3) is 0.375. The molecule has 0 saturated carbocycles. The zero-order valence-corrected chi connectivity index (χ0v) is 19.6. The van der Waals surface area contributed by atoms with E-state index in [9.17, 15) is 4.79 Å². The van der Waals surface area contributed by atoms with Gasteiger partial charge in [0.2, 0.25) is 5.91 Å². The van der Waals surface area contributed by atoms with Crippen LogP contribution in [0.1, 0.15) is 22.4 Å². The molecule has 170 valence electrons. The maximum atomic E-state index is 13.1. The van der Waals surface area contributed by atoms with Crippen LogP contribution in [0.4, 0.5) is 17.2 Å². The lowest BCUT2D eigenvalue weighted by molar-refractivity contribution is -0.140. The maximum absolute atomic E-state index is 13.1. The SMILES string of the molecule is O=C(C1CCc2c(sc3ncnc(Nc4cc5c(cc4Cl)NCC=C5)c23)C1)N1CCOCC1. The zero-order valence-electron chi connectivity index (χ0n) is 18.1. The number of hydrogen-bond acceptors (Lipinski definition) is 7. The number of aromatic nitrogens is 2. The van der Waals surface area contributed by atoms with Crippen molar-refractivity contribution in [3.05, 3.63) is 45.6 Å². The number of amides is 1. The first-order valence-corrected chi connectivity index (χ1v) is 12.5. The number of fused-ring (bicyclic) bond motifs is 4. The number of nitrogens with one attached hydrogen (secondary N) is 2. The van der Waals surface area contributed by atoms with Crippen LogP contribution in [-0.2, 0) is 22.4 Å². The molecule has 1 saturated heterocycles. The van der Waals surface area contributed by atoms with Gasteiger partial charge in [-0.15, -0.1) is 11.3 Å². The van der Waals surface area contributed by atoms with Gasteiger partial charge in [-0.1, -0.05) is 23.8 Å². The van der Waals surface area contributed by atoms with Crippen LogP contribution in [0.3, 0.4) is 0 Å². The number of carbonyl (C=O) groups excluding carboxylic acids is 1. The summed E-state index contributed by atoms with van der Waals surface area (Å²) in [6.07, 6.45) is 8.24. The van der Waals surface area contributed by atoms with E-state index in [1.165, 1.54) is 10.4 Å². The minimum absolute atomic E-state index is 0.0300. The van der Waals surface area contributed by atoms with E-state index in [0.29, 0.717) is 31.3 Å². The van der Waals surface area contributed by atoms with E-state index in [1.54, 1.807) is 17.7 Å². The van der Waals surface area contributed by atoms with Crippen LogP contribution in [0.2, 0.25) is 5.02 Å². The number of carbonyl (C=O) groups is 1. The largest absolute Gasteiger partial charge is 0.381 e. The Bertz CT molecular complexity index is 1270. The molecule has 1 aliphatic carbocycles. The number of rotatable bonds is 3. The van der Waals surface area contributed by atoms with Crippen molar-refractivity contribution >= 4 is 62.3 Å². The molecule has 0 radical (unpaired) electrons. The first kappa shape index (κ1) is 20.9. The van der Waals surface area contributed by atoms with Crippen molar-refractivity contribution in [2.24, 2.45) is 5.92 Å². The molecule has 33 heavy (non-hydrogen) atoms. The molecular formula is C24H24ClN5O2S. The molecule has 1 fully saturated rings. The third-order valence-corrected chi connectivity index (χ3v) is 8.09. The highest BCUT2D eigenvalue weighted by atomic mass is 35.5. The molecule has 2 N–H and O–H groups in total. The standard InChI is InChI=1S/C24H24ClN5O2S/c25-17-12-18-14(2-1-5-26-18)10-19(17)29-22-21-16-4-3-15(24(31)30-6-8-32-9-7-30)11-20(16)33-23(21)28-13-27-22/h1-2,10,12-13,15,26H,3-9,11H2,(H,27,28,29). The Morgan fingerprint density at radius 2 is 2.15 bits per heavy atom. The summed E-state index contributed by atoms with van der Waals surface area (Å²) < 4.78 is 5.40. The first-order chi connectivity index (χ1) is 16.2. The van der Waals surface area contributed by atoms with Gasteiger partial charge in [-0.05, 0) is 42.5 Å². The monoisotopic (exact) mass is 481 g/mol. The van der Waals surface area contributed by atoms with Crippen LogP contribution in [-0.4, -0.2) is 53.6 Å². The molecule has 3 aromatic rings. The van der Waals surface area contributed by atoms with E-state index in [4.69, 9.17) is 16.3 Å². The van der Waals surface area contributed by atoms with Gasteiger partial charge in [-0.2, -0.15) is 0 Å². The zero-order chi connectivity index (χ0) is 22.4. The summed E-state index contributed by atoms with van der Waals surface area (Å²) in [6.45, 7) is 3.46. The fourth-order valence-corrected chi connectivity index (χ4v) is 6.39. The quantitative estimate of drug-likeness (QED) is 0.573. The van der Waals surface area contributed by atoms with Gasteiger partial charge in [0.25, 0.3) is 0 Å². The van der Waals surface area contributed by atoms with Crippen molar-refractivity contribution in [3.63, 3.8) is 0 Å². The lowest BCUT2D eigenvalue weighted by Gasteiger charge is -2.31. The number of halogens is 1. The topological polar surface area (TPSA) is 79.4 Å². The third-order valence-electron chi connectivity index (χ3n) is 6.62. The number of ether oxygens (including phenoxy) is 1. The first-order valence-electron chi connectivity index (χ1n) is 11.3. The van der Waals surface area contributed by atoms with Crippen molar-refractivity contribution in [3.8, 4) is 0 Å². The minimum atomic E-state index is 0.0300. The summed E-state index contributed by atoms with van der Waals surface area (Å²) >= 11 is 8.27. The van der Waals surface area contributed by atoms with Gasteiger partial charge >= 0.3 is 0 Å². The Labute approximate surface area is 200 Å². The summed E-state index contributed by atoms with van der Waals surface area (Å²) in [6, 6.07) is 4.00. The van der Waals surface area contributed by atoms with Gasteiger partial charge in [-0.3, -0.25) is 4.79 Å². The molecule has 1 amide bonds. The lowest BCUT2D eigenvalue weighted by atomic mass is 9.86. The second kappa shape index (κ2) is 8.59. The van der Waals surface area contributed by atoms with Crippen molar-refractivity contribution in [2.45, 2.75) is 19.3 Å². The van der Waals surface area contributed by atoms with Crippen molar-refractivity contribution in [1.82, 2.24) is 14.9 Å². The van der Waals surface area contributed by atoms with Crippen LogP contribution < -0.4 is 10.6 Å². The molecule has 3 aliphatic rings. The maximum Gasteiger partial charge on any atom is 0.226 e. The molecule has 9 heteroatoms. The molecule has 2 aromatic heterocycles. The van der Waals surface area contributed by atoms with Crippen LogP contribution in [0.25, 0.3) is 16.3 Å². The second-order valence-corrected chi connectivity index (χ2v) is 10.1. The molecule has 7 nitrogen and oxygen atoms in total. The summed E-state index contributed by atoms with van der Waals surface area (Å²) in [5.74, 6) is 1.06. The van der Waals surface area contributed by atoms with E-state index in [-0.39, 0.29) is 11.8 Å². The Kier molecular flexibility index (Phi) is 5.44. The Balaban J connectivity index is 1.30. The highest BCUT2D eigenvalue weighted by Crippen LogP contribution is 2.42. The smallest absolute Gasteiger partial charge is 0.226 e. The number of benzene rings is 1. The predicted octanol–water partition coefficient (Wildman–Crippen LogP) is 4.49. The van der Waals surface area contributed by atoms with Crippen molar-refractivity contribution < 1.29 is 9.53 Å². The molecule has 1 aromatic carbocycles. The molecule has 0 bridgehead atoms. The highest BCUT2D eigenvalue weighted by Gasteiger charge is 2.32. The molecule has 0 spiro atoms. The Morgan fingerprint density at radius 3 is 3.03 bits per heavy atom. The summed E-state index contributed by atoms with van der Waals surface area (Å²) in [5, 5.41) is 8.49. The van der Waals surface area contributed by atoms with Crippen LogP contribution in [0, 0.1) is 5.92 Å². The molecule has 1 unspecified atom stereocenters. The van der Waals surface area contributed by atoms with Gasteiger partial charge in [0.1, 0.15) is 17.0 Å². The van der Waals surface area contributed by atoms with Gasteiger partial charge < -0.3 is 20.3 Å². The van der Waals surface area contributed by atoms with Crippen LogP contribution in [0.15, 0.2) is 24.5 Å². The van der Waals surface area contributed by atoms with Gasteiger partial charge in [0, 0.05) is 36.1 Å². The number of morpholine rings is 1. The van der Waals surface area contributed by atoms with Crippen LogP contribution >= 0.6 is 22.9 Å². The Morgan fingerprint density at radius 1 is 1.27 bits per heavy atom. The molecular weight excluding hydrogens is 458 g/mol. The summed E-state index contributed by atoms with van der Waals surface area (Å²) in [7, 11) is 0. The number of aryl methyl sites for hydroxylation is 1. The van der Waals surface area contributed by atoms with Crippen molar-refractivity contribution in [1.29, 1.82) is 0 Å². The van der Waals surface area contributed by atoms with E-state index in [2.05, 4.69) is 32.8 Å². The van der Waals surface area contributed by atoms with Crippen LogP contribution in [0.5, 0.6) is 0 Å². The second-order valence-electron chi connectivity index (χ2n) is 8.61. The van der Waals surface area contributed by atoms with E-state index >= 15 is 0 Å². The normalized spacial score (nSPS) is 19.7. The van der Waals surface area contributed by atoms with E-state index in [0.717, 1.165) is 58.8 Å². The van der Waals surface area contributed by atoms with Crippen molar-refractivity contribution in [2.75, 3.05) is 43.5 Å². The molecule has 4 heterocycles. The number of nitrogens with zero attached hydrogens (tertiary/aromatic N) is 3.